The second-order valence-corrected chi connectivity index (χ2v) is 5.31. The van der Waals surface area contributed by atoms with Gasteiger partial charge in [0.2, 0.25) is 0 Å². The average molecular weight is 266 g/mol. The van der Waals surface area contributed by atoms with Crippen LogP contribution >= 0.6 is 23.3 Å². The second-order valence-electron chi connectivity index (χ2n) is 3.49. The van der Waals surface area contributed by atoms with Gasteiger partial charge in [-0.25, -0.2) is 9.17 Å². The summed E-state index contributed by atoms with van der Waals surface area (Å²) in [7, 11) is 0. The Balaban J connectivity index is 1.87. The molecule has 0 spiro atoms. The van der Waals surface area contributed by atoms with Crippen molar-refractivity contribution in [3.8, 4) is 0 Å². The van der Waals surface area contributed by atoms with Crippen molar-refractivity contribution in [3.63, 3.8) is 0 Å². The number of nitrogens with zero attached hydrogens (tertiary/aromatic N) is 2. The summed E-state index contributed by atoms with van der Waals surface area (Å²) in [5.74, 6) is -1.30. The Bertz CT molecular complexity index is 562. The number of β-lactam (4-membered cyclic amide) rings is 1. The first-order valence-corrected chi connectivity index (χ1v) is 6.45. The van der Waals surface area contributed by atoms with Crippen LogP contribution in [0.15, 0.2) is 28.9 Å². The topological polar surface area (TPSA) is 70.5 Å². The molecule has 1 amide bonds. The Kier molecular flexibility index (Phi) is 2.30. The number of amides is 1. The third kappa shape index (κ3) is 1.50. The highest BCUT2D eigenvalue weighted by Gasteiger charge is 2.49. The van der Waals surface area contributed by atoms with Crippen LogP contribution in [0.25, 0.3) is 6.08 Å². The number of carbonyl (C=O) groups excluding carboxylic acids is 1. The SMILES string of the molecule is O=C(O)C1=CSC2/C(=C\c3ccns3)C(=O)N12. The van der Waals surface area contributed by atoms with Gasteiger partial charge in [-0.05, 0) is 23.7 Å². The van der Waals surface area contributed by atoms with Gasteiger partial charge in [0.15, 0.2) is 0 Å². The summed E-state index contributed by atoms with van der Waals surface area (Å²) >= 11 is 2.64. The molecule has 0 aromatic carbocycles. The van der Waals surface area contributed by atoms with Gasteiger partial charge in [0.25, 0.3) is 5.91 Å². The molecule has 5 nitrogen and oxygen atoms in total. The van der Waals surface area contributed by atoms with Crippen LogP contribution in [0.3, 0.4) is 0 Å². The van der Waals surface area contributed by atoms with Crippen LogP contribution in [-0.4, -0.2) is 31.6 Å². The molecule has 86 valence electrons. The number of rotatable bonds is 2. The maximum atomic E-state index is 11.8. The number of hydrogen-bond acceptors (Lipinski definition) is 5. The van der Waals surface area contributed by atoms with Gasteiger partial charge < -0.3 is 5.11 Å². The quantitative estimate of drug-likeness (QED) is 0.646. The van der Waals surface area contributed by atoms with Crippen molar-refractivity contribution in [2.24, 2.45) is 0 Å². The molecule has 1 aromatic rings. The minimum atomic E-state index is -1.06. The molecule has 17 heavy (non-hydrogen) atoms. The molecule has 2 aliphatic rings. The van der Waals surface area contributed by atoms with E-state index in [9.17, 15) is 9.59 Å². The summed E-state index contributed by atoms with van der Waals surface area (Å²) in [6.07, 6.45) is 3.44. The zero-order valence-electron chi connectivity index (χ0n) is 8.36. The lowest BCUT2D eigenvalue weighted by molar-refractivity contribution is -0.141. The number of carbonyl (C=O) groups is 2. The zero-order valence-corrected chi connectivity index (χ0v) is 9.99. The first-order valence-electron chi connectivity index (χ1n) is 4.73. The van der Waals surface area contributed by atoms with Gasteiger partial charge >= 0.3 is 5.97 Å². The molecular weight excluding hydrogens is 260 g/mol. The number of carboxylic acid groups (broad SMARTS) is 1. The number of carboxylic acids is 1. The summed E-state index contributed by atoms with van der Waals surface area (Å²) in [5.41, 5.74) is 0.693. The van der Waals surface area contributed by atoms with E-state index in [-0.39, 0.29) is 17.0 Å². The first-order chi connectivity index (χ1) is 8.18. The first kappa shape index (κ1) is 10.5. The van der Waals surface area contributed by atoms with Gasteiger partial charge in [-0.15, -0.1) is 11.8 Å². The molecule has 0 aliphatic carbocycles. The van der Waals surface area contributed by atoms with Gasteiger partial charge in [-0.3, -0.25) is 9.69 Å². The average Bonchev–Trinajstić information content (AvgIpc) is 2.93. The van der Waals surface area contributed by atoms with Crippen molar-refractivity contribution in [3.05, 3.63) is 33.8 Å². The maximum absolute atomic E-state index is 11.8. The van der Waals surface area contributed by atoms with Crippen LogP contribution in [0, 0.1) is 0 Å². The summed E-state index contributed by atoms with van der Waals surface area (Å²) in [4.78, 5) is 24.9. The van der Waals surface area contributed by atoms with E-state index in [2.05, 4.69) is 4.37 Å². The fourth-order valence-electron chi connectivity index (χ4n) is 1.72. The molecule has 0 bridgehead atoms. The lowest BCUT2D eigenvalue weighted by Gasteiger charge is -2.37. The summed E-state index contributed by atoms with van der Waals surface area (Å²) in [6.45, 7) is 0. The van der Waals surface area contributed by atoms with Crippen molar-refractivity contribution in [1.82, 2.24) is 9.27 Å². The predicted octanol–water partition coefficient (Wildman–Crippen LogP) is 1.37. The third-order valence-electron chi connectivity index (χ3n) is 2.51. The zero-order chi connectivity index (χ0) is 12.0. The highest BCUT2D eigenvalue weighted by molar-refractivity contribution is 8.03. The van der Waals surface area contributed by atoms with Gasteiger partial charge in [0.1, 0.15) is 11.1 Å². The molecule has 1 atom stereocenters. The van der Waals surface area contributed by atoms with Crippen molar-refractivity contribution in [1.29, 1.82) is 0 Å². The maximum Gasteiger partial charge on any atom is 0.353 e. The molecule has 3 heterocycles. The van der Waals surface area contributed by atoms with E-state index in [1.54, 1.807) is 12.3 Å². The van der Waals surface area contributed by atoms with Gasteiger partial charge in [-0.1, -0.05) is 0 Å². The smallest absolute Gasteiger partial charge is 0.353 e. The Hall–Kier alpha value is -1.60. The molecule has 1 aromatic heterocycles. The molecule has 0 radical (unpaired) electrons. The Morgan fingerprint density at radius 1 is 1.59 bits per heavy atom. The van der Waals surface area contributed by atoms with Crippen LogP contribution < -0.4 is 0 Å². The Morgan fingerprint density at radius 2 is 2.41 bits per heavy atom. The van der Waals surface area contributed by atoms with Crippen molar-refractivity contribution < 1.29 is 14.7 Å². The van der Waals surface area contributed by atoms with Crippen LogP contribution in [0.4, 0.5) is 0 Å². The summed E-state index contributed by atoms with van der Waals surface area (Å²) in [6, 6.07) is 1.82. The Labute approximate surface area is 105 Å². The minimum absolute atomic E-state index is 0.0615. The molecule has 2 aliphatic heterocycles. The molecule has 1 N–H and O–H groups in total. The number of thioether (sulfide) groups is 1. The lowest BCUT2D eigenvalue weighted by Crippen LogP contribution is -2.51. The third-order valence-corrected chi connectivity index (χ3v) is 4.28. The molecule has 3 rings (SSSR count). The van der Waals surface area contributed by atoms with Gasteiger partial charge in [-0.2, -0.15) is 0 Å². The van der Waals surface area contributed by atoms with Crippen molar-refractivity contribution >= 4 is 41.2 Å². The summed E-state index contributed by atoms with van der Waals surface area (Å²) in [5, 5.41) is 10.2. The lowest BCUT2D eigenvalue weighted by atomic mass is 10.0. The van der Waals surface area contributed by atoms with E-state index < -0.39 is 5.97 Å². The van der Waals surface area contributed by atoms with Crippen LogP contribution in [0.2, 0.25) is 0 Å². The fourth-order valence-corrected chi connectivity index (χ4v) is 3.38. The highest BCUT2D eigenvalue weighted by Crippen LogP contribution is 2.45. The molecule has 0 saturated carbocycles. The summed E-state index contributed by atoms with van der Waals surface area (Å²) < 4.78 is 3.95. The number of aromatic nitrogens is 1. The second kappa shape index (κ2) is 3.71. The molecule has 7 heteroatoms. The van der Waals surface area contributed by atoms with E-state index in [1.165, 1.54) is 33.6 Å². The monoisotopic (exact) mass is 266 g/mol. The van der Waals surface area contributed by atoms with E-state index in [4.69, 9.17) is 5.11 Å². The molecule has 1 fully saturated rings. The van der Waals surface area contributed by atoms with Crippen molar-refractivity contribution in [2.75, 3.05) is 0 Å². The largest absolute Gasteiger partial charge is 0.477 e. The number of aliphatic carboxylic acids is 1. The predicted molar refractivity (Wildman–Crippen MR) is 64.0 cm³/mol. The fraction of sp³-hybridized carbons (Fsp3) is 0.100. The van der Waals surface area contributed by atoms with Crippen LogP contribution in [0.1, 0.15) is 4.88 Å². The van der Waals surface area contributed by atoms with E-state index in [1.807, 2.05) is 6.07 Å². The molecular formula is C10H6N2O3S2. The minimum Gasteiger partial charge on any atom is -0.477 e. The standard InChI is InChI=1S/C10H6N2O3S2/c13-8-6(3-5-1-2-11-17-5)9-12(8)7(4-16-9)10(14)15/h1-4,9H,(H,14,15)/b6-3-. The van der Waals surface area contributed by atoms with Crippen LogP contribution in [-0.2, 0) is 9.59 Å². The normalized spacial score (nSPS) is 24.6. The van der Waals surface area contributed by atoms with E-state index >= 15 is 0 Å². The number of hydrogen-bond donors (Lipinski definition) is 1. The van der Waals surface area contributed by atoms with E-state index in [0.717, 1.165) is 4.88 Å². The van der Waals surface area contributed by atoms with Crippen LogP contribution in [0.5, 0.6) is 0 Å². The van der Waals surface area contributed by atoms with Gasteiger partial charge in [0, 0.05) is 16.5 Å². The Morgan fingerprint density at radius 3 is 3.06 bits per heavy atom. The van der Waals surface area contributed by atoms with Crippen molar-refractivity contribution in [2.45, 2.75) is 5.37 Å². The highest BCUT2D eigenvalue weighted by atomic mass is 32.2. The van der Waals surface area contributed by atoms with E-state index in [0.29, 0.717) is 5.57 Å². The number of fused-ring (bicyclic) bond motifs is 1. The van der Waals surface area contributed by atoms with Gasteiger partial charge in [0.05, 0.1) is 5.57 Å². The molecule has 1 saturated heterocycles. The molecule has 1 unspecified atom stereocenters.